The van der Waals surface area contributed by atoms with E-state index in [1.165, 1.54) is 4.31 Å². The van der Waals surface area contributed by atoms with Gasteiger partial charge in [0.05, 0.1) is 0 Å². The van der Waals surface area contributed by atoms with Crippen LogP contribution >= 0.6 is 22.9 Å². The van der Waals surface area contributed by atoms with Gasteiger partial charge in [-0.15, -0.1) is 11.3 Å². The van der Waals surface area contributed by atoms with Crippen molar-refractivity contribution in [1.29, 1.82) is 0 Å². The number of carbonyl (C=O) groups excluding carboxylic acids is 1. The van der Waals surface area contributed by atoms with Crippen molar-refractivity contribution in [3.63, 3.8) is 0 Å². The third-order valence-electron chi connectivity index (χ3n) is 5.41. The van der Waals surface area contributed by atoms with Crippen molar-refractivity contribution in [3.8, 4) is 11.4 Å². The zero-order chi connectivity index (χ0) is 22.7. The number of aromatic nitrogens is 2. The minimum Gasteiger partial charge on any atom is -0.356 e. The Bertz CT molecular complexity index is 1180. The van der Waals surface area contributed by atoms with Crippen LogP contribution in [0.5, 0.6) is 0 Å². The van der Waals surface area contributed by atoms with Crippen LogP contribution in [0.25, 0.3) is 11.4 Å². The number of thiophene rings is 1. The van der Waals surface area contributed by atoms with E-state index < -0.39 is 10.0 Å². The number of aryl methyl sites for hydroxylation is 1. The molecule has 0 unspecified atom stereocenters. The summed E-state index contributed by atoms with van der Waals surface area (Å²) in [5, 5.41) is 9.19. The molecule has 170 valence electrons. The number of hydrogen-bond acceptors (Lipinski definition) is 7. The Hall–Kier alpha value is -2.27. The molecule has 0 atom stereocenters. The molecular weight excluding hydrogens is 472 g/mol. The van der Waals surface area contributed by atoms with Gasteiger partial charge in [0.1, 0.15) is 4.21 Å². The fourth-order valence-electron chi connectivity index (χ4n) is 3.60. The molecule has 1 amide bonds. The number of rotatable bonds is 7. The highest BCUT2D eigenvalue weighted by atomic mass is 35.5. The van der Waals surface area contributed by atoms with Crippen molar-refractivity contribution in [3.05, 3.63) is 52.2 Å². The zero-order valence-electron chi connectivity index (χ0n) is 17.5. The minimum atomic E-state index is -3.62. The lowest BCUT2D eigenvalue weighted by atomic mass is 9.97. The molecular formula is C21H23ClN4O4S2. The van der Waals surface area contributed by atoms with E-state index in [1.54, 1.807) is 18.4 Å². The van der Waals surface area contributed by atoms with Crippen molar-refractivity contribution >= 4 is 38.9 Å². The molecule has 3 heterocycles. The van der Waals surface area contributed by atoms with E-state index in [-0.39, 0.29) is 16.0 Å². The Morgan fingerprint density at radius 2 is 2.00 bits per heavy atom. The molecule has 4 rings (SSSR count). The van der Waals surface area contributed by atoms with Crippen LogP contribution in [0.1, 0.15) is 24.3 Å². The number of amides is 1. The highest BCUT2D eigenvalue weighted by Gasteiger charge is 2.33. The summed E-state index contributed by atoms with van der Waals surface area (Å²) in [5.74, 6) is 0.577. The van der Waals surface area contributed by atoms with Gasteiger partial charge >= 0.3 is 0 Å². The number of hydrogen-bond donors (Lipinski definition) is 1. The molecule has 2 aromatic heterocycles. The van der Waals surface area contributed by atoms with Crippen LogP contribution in [-0.4, -0.2) is 48.4 Å². The maximum absolute atomic E-state index is 13.0. The zero-order valence-corrected chi connectivity index (χ0v) is 19.8. The molecule has 0 saturated carbocycles. The molecule has 0 spiro atoms. The third-order valence-corrected chi connectivity index (χ3v) is 8.97. The highest BCUT2D eigenvalue weighted by molar-refractivity contribution is 7.91. The average molecular weight is 495 g/mol. The first-order chi connectivity index (χ1) is 15.3. The molecule has 1 aromatic carbocycles. The largest absolute Gasteiger partial charge is 0.356 e. The second kappa shape index (κ2) is 9.70. The summed E-state index contributed by atoms with van der Waals surface area (Å²) in [6.45, 7) is 2.84. The van der Waals surface area contributed by atoms with Crippen LogP contribution in [0.2, 0.25) is 5.02 Å². The van der Waals surface area contributed by atoms with Crippen LogP contribution in [0.3, 0.4) is 0 Å². The second-order valence-corrected chi connectivity index (χ2v) is 11.1. The Morgan fingerprint density at radius 3 is 2.66 bits per heavy atom. The van der Waals surface area contributed by atoms with Gasteiger partial charge in [0.25, 0.3) is 10.0 Å². The number of sulfonamides is 1. The lowest BCUT2D eigenvalue weighted by molar-refractivity contribution is -0.126. The van der Waals surface area contributed by atoms with Gasteiger partial charge in [-0.05, 0) is 43.0 Å². The predicted octanol–water partition coefficient (Wildman–Crippen LogP) is 3.52. The summed E-state index contributed by atoms with van der Waals surface area (Å²) >= 11 is 7.02. The summed E-state index contributed by atoms with van der Waals surface area (Å²) in [6.07, 6.45) is 1.71. The summed E-state index contributed by atoms with van der Waals surface area (Å²) in [4.78, 5) is 16.6. The molecule has 11 heteroatoms. The second-order valence-electron chi connectivity index (χ2n) is 7.64. The van der Waals surface area contributed by atoms with Gasteiger partial charge in [0.2, 0.25) is 17.6 Å². The van der Waals surface area contributed by atoms with E-state index in [1.807, 2.05) is 24.3 Å². The summed E-state index contributed by atoms with van der Waals surface area (Å²) in [5.41, 5.74) is 1.71. The van der Waals surface area contributed by atoms with Crippen molar-refractivity contribution in [2.75, 3.05) is 19.6 Å². The van der Waals surface area contributed by atoms with E-state index in [0.29, 0.717) is 54.8 Å². The summed E-state index contributed by atoms with van der Waals surface area (Å²) in [7, 11) is -3.62. The quantitative estimate of drug-likeness (QED) is 0.538. The third kappa shape index (κ3) is 5.20. The normalized spacial score (nSPS) is 15.7. The maximum atomic E-state index is 13.0. The van der Waals surface area contributed by atoms with Crippen molar-refractivity contribution < 1.29 is 17.7 Å². The standard InChI is InChI=1S/C21H23ClN4O4S2/c1-14-24-20(25-30-14)17-12-19(31-13-17)32(28,29)26-10-7-16(8-11-26)21(27)23-9-6-15-2-4-18(22)5-3-15/h2-5,12-13,16H,6-11H2,1H3,(H,23,27). The maximum Gasteiger partial charge on any atom is 0.252 e. The first-order valence-electron chi connectivity index (χ1n) is 10.2. The van der Waals surface area contributed by atoms with Crippen molar-refractivity contribution in [2.45, 2.75) is 30.4 Å². The number of halogens is 1. The molecule has 8 nitrogen and oxygen atoms in total. The Kier molecular flexibility index (Phi) is 6.94. The van der Waals surface area contributed by atoms with Crippen LogP contribution in [-0.2, 0) is 21.2 Å². The molecule has 0 aliphatic carbocycles. The van der Waals surface area contributed by atoms with Gasteiger partial charge < -0.3 is 9.84 Å². The topological polar surface area (TPSA) is 105 Å². The van der Waals surface area contributed by atoms with Crippen LogP contribution in [0, 0.1) is 12.8 Å². The molecule has 0 bridgehead atoms. The summed E-state index contributed by atoms with van der Waals surface area (Å²) in [6, 6.07) is 9.10. The Labute approximate surface area is 195 Å². The first-order valence-corrected chi connectivity index (χ1v) is 12.9. The summed E-state index contributed by atoms with van der Waals surface area (Å²) < 4.78 is 32.7. The molecule has 32 heavy (non-hydrogen) atoms. The molecule has 1 aliphatic rings. The van der Waals surface area contributed by atoms with Gasteiger partial charge in [0.15, 0.2) is 0 Å². The number of piperidine rings is 1. The van der Waals surface area contributed by atoms with Crippen LogP contribution < -0.4 is 5.32 Å². The van der Waals surface area contributed by atoms with Gasteiger partial charge in [-0.2, -0.15) is 9.29 Å². The molecule has 0 radical (unpaired) electrons. The molecule has 3 aromatic rings. The fourth-order valence-corrected chi connectivity index (χ4v) is 6.50. The van der Waals surface area contributed by atoms with E-state index in [9.17, 15) is 13.2 Å². The minimum absolute atomic E-state index is 0.0260. The van der Waals surface area contributed by atoms with Crippen LogP contribution in [0.15, 0.2) is 44.4 Å². The lowest BCUT2D eigenvalue weighted by Gasteiger charge is -2.30. The smallest absolute Gasteiger partial charge is 0.252 e. The average Bonchev–Trinajstić information content (AvgIpc) is 3.45. The monoisotopic (exact) mass is 494 g/mol. The number of benzene rings is 1. The molecule has 1 fully saturated rings. The Morgan fingerprint density at radius 1 is 1.28 bits per heavy atom. The van der Waals surface area contributed by atoms with Gasteiger partial charge in [0, 0.05) is 48.4 Å². The Balaban J connectivity index is 1.29. The van der Waals surface area contributed by atoms with Gasteiger partial charge in [-0.1, -0.05) is 28.9 Å². The van der Waals surface area contributed by atoms with E-state index in [0.717, 1.165) is 23.3 Å². The van der Waals surface area contributed by atoms with Crippen LogP contribution in [0.4, 0.5) is 0 Å². The molecule has 1 saturated heterocycles. The van der Waals surface area contributed by atoms with E-state index >= 15 is 0 Å². The van der Waals surface area contributed by atoms with Gasteiger partial charge in [-0.3, -0.25) is 4.79 Å². The lowest BCUT2D eigenvalue weighted by Crippen LogP contribution is -2.43. The SMILES string of the molecule is Cc1nc(-c2csc(S(=O)(=O)N3CCC(C(=O)NCCc4ccc(Cl)cc4)CC3)c2)no1. The predicted molar refractivity (Wildman–Crippen MR) is 122 cm³/mol. The van der Waals surface area contributed by atoms with E-state index in [2.05, 4.69) is 15.5 Å². The van der Waals surface area contributed by atoms with Crippen molar-refractivity contribution in [2.24, 2.45) is 5.92 Å². The van der Waals surface area contributed by atoms with E-state index in [4.69, 9.17) is 16.1 Å². The highest BCUT2D eigenvalue weighted by Crippen LogP contribution is 2.31. The molecule has 1 N–H and O–H groups in total. The fraction of sp³-hybridized carbons (Fsp3) is 0.381. The number of nitrogens with one attached hydrogen (secondary N) is 1. The molecule has 1 aliphatic heterocycles. The first kappa shape index (κ1) is 22.9. The number of carbonyl (C=O) groups is 1. The number of nitrogens with zero attached hydrogens (tertiary/aromatic N) is 3. The van der Waals surface area contributed by atoms with Gasteiger partial charge in [-0.25, -0.2) is 8.42 Å². The van der Waals surface area contributed by atoms with Crippen molar-refractivity contribution in [1.82, 2.24) is 19.8 Å².